The molecule has 2 atom stereocenters. The maximum atomic E-state index is 12.1. The third-order valence-electron chi connectivity index (χ3n) is 3.19. The number of amides is 2. The number of nitrogens with zero attached hydrogens (tertiary/aromatic N) is 1. The van der Waals surface area contributed by atoms with E-state index in [9.17, 15) is 9.59 Å². The van der Waals surface area contributed by atoms with Gasteiger partial charge in [-0.2, -0.15) is 0 Å². The molecule has 2 amide bonds. The summed E-state index contributed by atoms with van der Waals surface area (Å²) in [6.45, 7) is 1.71. The van der Waals surface area contributed by atoms with E-state index in [1.54, 1.807) is 19.2 Å². The van der Waals surface area contributed by atoms with Crippen molar-refractivity contribution in [3.05, 3.63) is 34.9 Å². The van der Waals surface area contributed by atoms with E-state index in [1.807, 2.05) is 19.1 Å². The Balaban J connectivity index is 2.78. The van der Waals surface area contributed by atoms with Gasteiger partial charge in [-0.25, -0.2) is 9.59 Å². The van der Waals surface area contributed by atoms with Crippen LogP contribution in [-0.2, 0) is 9.53 Å². The Kier molecular flexibility index (Phi) is 6.45. The number of carboxylic acid groups (broad SMARTS) is 1. The third kappa shape index (κ3) is 4.61. The second-order valence-corrected chi connectivity index (χ2v) is 5.01. The van der Waals surface area contributed by atoms with Gasteiger partial charge in [0.2, 0.25) is 0 Å². The number of ether oxygens (including phenoxy) is 1. The number of carbonyl (C=O) groups excluding carboxylic acids is 1. The van der Waals surface area contributed by atoms with E-state index >= 15 is 0 Å². The molecule has 0 saturated heterocycles. The Hall–Kier alpha value is -1.79. The van der Waals surface area contributed by atoms with Crippen LogP contribution in [0.15, 0.2) is 24.3 Å². The fraction of sp³-hybridized carbons (Fsp3) is 0.429. The number of nitrogens with one attached hydrogen (secondary N) is 1. The molecular weight excluding hydrogens is 296 g/mol. The van der Waals surface area contributed by atoms with E-state index in [1.165, 1.54) is 12.0 Å². The van der Waals surface area contributed by atoms with Crippen molar-refractivity contribution < 1.29 is 19.4 Å². The molecule has 0 spiro atoms. The first-order valence-electron chi connectivity index (χ1n) is 6.38. The number of benzene rings is 1. The molecule has 2 unspecified atom stereocenters. The van der Waals surface area contributed by atoms with Crippen LogP contribution in [0.3, 0.4) is 0 Å². The topological polar surface area (TPSA) is 78.9 Å². The summed E-state index contributed by atoms with van der Waals surface area (Å²) in [6.07, 6.45) is 0. The second kappa shape index (κ2) is 7.85. The summed E-state index contributed by atoms with van der Waals surface area (Å²) in [5.74, 6) is -1.15. The zero-order valence-corrected chi connectivity index (χ0v) is 12.9. The lowest BCUT2D eigenvalue weighted by molar-refractivity contribution is -0.140. The third-order valence-corrected chi connectivity index (χ3v) is 3.53. The predicted octanol–water partition coefficient (Wildman–Crippen LogP) is 2.14. The van der Waals surface area contributed by atoms with Crippen molar-refractivity contribution in [2.45, 2.75) is 19.0 Å². The summed E-state index contributed by atoms with van der Waals surface area (Å²) in [4.78, 5) is 24.5. The van der Waals surface area contributed by atoms with E-state index < -0.39 is 18.0 Å². The Labute approximate surface area is 128 Å². The average molecular weight is 315 g/mol. The van der Waals surface area contributed by atoms with Crippen molar-refractivity contribution in [2.75, 3.05) is 20.8 Å². The molecule has 116 valence electrons. The fourth-order valence-corrected chi connectivity index (χ4v) is 2.08. The summed E-state index contributed by atoms with van der Waals surface area (Å²) in [5.41, 5.74) is 0.787. The molecule has 1 aromatic carbocycles. The fourth-order valence-electron chi connectivity index (χ4n) is 1.79. The number of hydrogen-bond acceptors (Lipinski definition) is 3. The zero-order chi connectivity index (χ0) is 16.0. The molecule has 0 saturated carbocycles. The molecule has 0 aromatic heterocycles. The van der Waals surface area contributed by atoms with Crippen LogP contribution in [0, 0.1) is 0 Å². The largest absolute Gasteiger partial charge is 0.480 e. The van der Waals surface area contributed by atoms with Crippen LogP contribution in [0.5, 0.6) is 0 Å². The van der Waals surface area contributed by atoms with Crippen molar-refractivity contribution in [1.82, 2.24) is 10.2 Å². The SMILES string of the molecule is COCC(NC(=O)N(C)C(C)c1ccccc1Cl)C(=O)O. The molecule has 1 aromatic rings. The molecule has 0 heterocycles. The quantitative estimate of drug-likeness (QED) is 0.843. The van der Waals surface area contributed by atoms with Crippen LogP contribution in [0.1, 0.15) is 18.5 Å². The average Bonchev–Trinajstić information content (AvgIpc) is 2.45. The Morgan fingerprint density at radius 2 is 2.05 bits per heavy atom. The van der Waals surface area contributed by atoms with Gasteiger partial charge in [-0.15, -0.1) is 0 Å². The number of aliphatic carboxylic acids is 1. The number of carbonyl (C=O) groups is 2. The number of hydrogen-bond donors (Lipinski definition) is 2. The second-order valence-electron chi connectivity index (χ2n) is 4.60. The summed E-state index contributed by atoms with van der Waals surface area (Å²) in [5, 5.41) is 12.0. The lowest BCUT2D eigenvalue weighted by Crippen LogP contribution is -2.49. The molecule has 0 aliphatic carbocycles. The predicted molar refractivity (Wildman–Crippen MR) is 79.5 cm³/mol. The van der Waals surface area contributed by atoms with E-state index in [0.717, 1.165) is 5.56 Å². The molecule has 0 aliphatic heterocycles. The number of rotatable bonds is 6. The van der Waals surface area contributed by atoms with Crippen LogP contribution in [0.4, 0.5) is 4.79 Å². The van der Waals surface area contributed by atoms with Crippen LogP contribution < -0.4 is 5.32 Å². The first-order valence-corrected chi connectivity index (χ1v) is 6.75. The van der Waals surface area contributed by atoms with Gasteiger partial charge in [0.25, 0.3) is 0 Å². The van der Waals surface area contributed by atoms with E-state index in [-0.39, 0.29) is 12.6 Å². The first kappa shape index (κ1) is 17.3. The maximum Gasteiger partial charge on any atom is 0.328 e. The van der Waals surface area contributed by atoms with Gasteiger partial charge < -0.3 is 20.1 Å². The minimum atomic E-state index is -1.15. The number of halogens is 1. The summed E-state index contributed by atoms with van der Waals surface area (Å²) >= 11 is 6.10. The van der Waals surface area contributed by atoms with Crippen LogP contribution in [0.25, 0.3) is 0 Å². The van der Waals surface area contributed by atoms with Crippen molar-refractivity contribution >= 4 is 23.6 Å². The number of carboxylic acids is 1. The Bertz CT molecular complexity index is 510. The molecule has 6 nitrogen and oxygen atoms in total. The normalized spacial score (nSPS) is 13.3. The van der Waals surface area contributed by atoms with Gasteiger partial charge in [0.15, 0.2) is 6.04 Å². The number of urea groups is 1. The number of methoxy groups -OCH3 is 1. The van der Waals surface area contributed by atoms with Crippen molar-refractivity contribution in [3.8, 4) is 0 Å². The molecule has 0 bridgehead atoms. The smallest absolute Gasteiger partial charge is 0.328 e. The minimum absolute atomic E-state index is 0.102. The molecular formula is C14H19ClN2O4. The van der Waals surface area contributed by atoms with Gasteiger partial charge in [-0.1, -0.05) is 29.8 Å². The van der Waals surface area contributed by atoms with Crippen LogP contribution >= 0.6 is 11.6 Å². The van der Waals surface area contributed by atoms with Crippen molar-refractivity contribution in [1.29, 1.82) is 0 Å². The zero-order valence-electron chi connectivity index (χ0n) is 12.2. The lowest BCUT2D eigenvalue weighted by atomic mass is 10.1. The summed E-state index contributed by atoms with van der Waals surface area (Å²) < 4.78 is 4.77. The minimum Gasteiger partial charge on any atom is -0.480 e. The van der Waals surface area contributed by atoms with E-state index in [0.29, 0.717) is 5.02 Å². The lowest BCUT2D eigenvalue weighted by Gasteiger charge is -2.27. The van der Waals surface area contributed by atoms with E-state index in [2.05, 4.69) is 5.32 Å². The highest BCUT2D eigenvalue weighted by molar-refractivity contribution is 6.31. The van der Waals surface area contributed by atoms with Gasteiger partial charge in [-0.05, 0) is 18.6 Å². The van der Waals surface area contributed by atoms with Gasteiger partial charge in [-0.3, -0.25) is 0 Å². The molecule has 1 rings (SSSR count). The van der Waals surface area contributed by atoms with Gasteiger partial charge in [0, 0.05) is 19.2 Å². The highest BCUT2D eigenvalue weighted by Gasteiger charge is 2.24. The van der Waals surface area contributed by atoms with Gasteiger partial charge >= 0.3 is 12.0 Å². The summed E-state index contributed by atoms with van der Waals surface area (Å²) in [6, 6.07) is 5.29. The molecule has 0 fully saturated rings. The standard InChI is InChI=1S/C14H19ClN2O4/c1-9(10-6-4-5-7-11(10)15)17(2)14(20)16-12(8-21-3)13(18)19/h4-7,9,12H,8H2,1-3H3,(H,16,20)(H,18,19). The molecule has 0 radical (unpaired) electrons. The summed E-state index contributed by atoms with van der Waals surface area (Å²) in [7, 11) is 2.95. The molecule has 21 heavy (non-hydrogen) atoms. The highest BCUT2D eigenvalue weighted by Crippen LogP contribution is 2.26. The van der Waals surface area contributed by atoms with Gasteiger partial charge in [0.1, 0.15) is 0 Å². The Morgan fingerprint density at radius 3 is 2.57 bits per heavy atom. The molecule has 2 N–H and O–H groups in total. The Morgan fingerprint density at radius 1 is 1.43 bits per heavy atom. The van der Waals surface area contributed by atoms with Crippen LogP contribution in [0.2, 0.25) is 5.02 Å². The first-order chi connectivity index (χ1) is 9.88. The maximum absolute atomic E-state index is 12.1. The van der Waals surface area contributed by atoms with Gasteiger partial charge in [0.05, 0.1) is 12.6 Å². The van der Waals surface area contributed by atoms with E-state index in [4.69, 9.17) is 21.4 Å². The molecule has 0 aliphatic rings. The van der Waals surface area contributed by atoms with Crippen molar-refractivity contribution in [2.24, 2.45) is 0 Å². The highest BCUT2D eigenvalue weighted by atomic mass is 35.5. The molecule has 7 heteroatoms. The van der Waals surface area contributed by atoms with Crippen molar-refractivity contribution in [3.63, 3.8) is 0 Å². The monoisotopic (exact) mass is 314 g/mol. The van der Waals surface area contributed by atoms with Crippen LogP contribution in [-0.4, -0.2) is 48.8 Å².